The Labute approximate surface area is 126 Å². The SMILES string of the molecule is CC(C)C(N)CCN(C)CC(=O)NC(=O)c1cccn1C. The summed E-state index contributed by atoms with van der Waals surface area (Å²) in [6.07, 6.45) is 2.59. The van der Waals surface area contributed by atoms with E-state index in [1.165, 1.54) is 0 Å². The summed E-state index contributed by atoms with van der Waals surface area (Å²) in [5.41, 5.74) is 6.44. The summed E-state index contributed by atoms with van der Waals surface area (Å²) in [6, 6.07) is 3.56. The van der Waals surface area contributed by atoms with Crippen LogP contribution in [0.5, 0.6) is 0 Å². The van der Waals surface area contributed by atoms with E-state index in [2.05, 4.69) is 19.2 Å². The molecule has 2 amide bonds. The van der Waals surface area contributed by atoms with Crippen molar-refractivity contribution in [1.82, 2.24) is 14.8 Å². The maximum atomic E-state index is 11.9. The number of rotatable bonds is 7. The van der Waals surface area contributed by atoms with Crippen LogP contribution >= 0.6 is 0 Å². The fourth-order valence-corrected chi connectivity index (χ4v) is 1.95. The minimum absolute atomic E-state index is 0.125. The lowest BCUT2D eigenvalue weighted by Gasteiger charge is -2.20. The van der Waals surface area contributed by atoms with E-state index < -0.39 is 0 Å². The molecule has 0 spiro atoms. The van der Waals surface area contributed by atoms with Crippen LogP contribution < -0.4 is 11.1 Å². The largest absolute Gasteiger partial charge is 0.347 e. The lowest BCUT2D eigenvalue weighted by atomic mass is 10.0. The molecule has 6 heteroatoms. The van der Waals surface area contributed by atoms with Gasteiger partial charge in [0.1, 0.15) is 5.69 Å². The highest BCUT2D eigenvalue weighted by Crippen LogP contribution is 2.03. The van der Waals surface area contributed by atoms with Crippen LogP contribution in [0.15, 0.2) is 18.3 Å². The maximum Gasteiger partial charge on any atom is 0.274 e. The molecule has 0 saturated heterocycles. The second kappa shape index (κ2) is 7.95. The van der Waals surface area contributed by atoms with E-state index in [0.717, 1.165) is 13.0 Å². The summed E-state index contributed by atoms with van der Waals surface area (Å²) in [6.45, 7) is 5.07. The van der Waals surface area contributed by atoms with Gasteiger partial charge >= 0.3 is 0 Å². The van der Waals surface area contributed by atoms with Gasteiger partial charge in [-0.25, -0.2) is 0 Å². The molecule has 0 aromatic carbocycles. The van der Waals surface area contributed by atoms with Crippen LogP contribution in [0, 0.1) is 5.92 Å². The molecule has 21 heavy (non-hydrogen) atoms. The number of hydrogen-bond acceptors (Lipinski definition) is 4. The van der Waals surface area contributed by atoms with E-state index in [4.69, 9.17) is 5.73 Å². The molecule has 118 valence electrons. The summed E-state index contributed by atoms with van der Waals surface area (Å²) in [5, 5.41) is 2.39. The number of aryl methyl sites for hydroxylation is 1. The zero-order valence-corrected chi connectivity index (χ0v) is 13.3. The molecular weight excluding hydrogens is 268 g/mol. The first-order valence-corrected chi connectivity index (χ1v) is 7.21. The zero-order chi connectivity index (χ0) is 16.0. The van der Waals surface area contributed by atoms with Gasteiger partial charge in [0.25, 0.3) is 5.91 Å². The minimum Gasteiger partial charge on any atom is -0.347 e. The summed E-state index contributed by atoms with van der Waals surface area (Å²) in [7, 11) is 3.61. The lowest BCUT2D eigenvalue weighted by Crippen LogP contribution is -2.40. The molecule has 0 bridgehead atoms. The van der Waals surface area contributed by atoms with Crippen LogP contribution in [0.4, 0.5) is 0 Å². The Kier molecular flexibility index (Phi) is 6.58. The first kappa shape index (κ1) is 17.4. The van der Waals surface area contributed by atoms with Crippen LogP contribution in [-0.2, 0) is 11.8 Å². The molecule has 0 saturated carbocycles. The topological polar surface area (TPSA) is 80.4 Å². The van der Waals surface area contributed by atoms with Gasteiger partial charge in [-0.15, -0.1) is 0 Å². The third kappa shape index (κ3) is 5.69. The Morgan fingerprint density at radius 3 is 2.62 bits per heavy atom. The average Bonchev–Trinajstić information content (AvgIpc) is 2.81. The summed E-state index contributed by atoms with van der Waals surface area (Å²) in [4.78, 5) is 25.6. The van der Waals surface area contributed by atoms with Crippen molar-refractivity contribution in [1.29, 1.82) is 0 Å². The number of nitrogens with two attached hydrogens (primary N) is 1. The van der Waals surface area contributed by atoms with E-state index in [1.807, 2.05) is 11.9 Å². The average molecular weight is 294 g/mol. The molecule has 1 heterocycles. The number of nitrogens with one attached hydrogen (secondary N) is 1. The normalized spacial score (nSPS) is 12.7. The quantitative estimate of drug-likeness (QED) is 0.771. The van der Waals surface area contributed by atoms with E-state index >= 15 is 0 Å². The monoisotopic (exact) mass is 294 g/mol. The Hall–Kier alpha value is -1.66. The highest BCUT2D eigenvalue weighted by molar-refractivity contribution is 6.04. The summed E-state index contributed by atoms with van der Waals surface area (Å²) in [5.74, 6) is -0.257. The second-order valence-electron chi connectivity index (χ2n) is 5.82. The van der Waals surface area contributed by atoms with Crippen LogP contribution in [0.3, 0.4) is 0 Å². The number of hydrogen-bond donors (Lipinski definition) is 2. The fraction of sp³-hybridized carbons (Fsp3) is 0.600. The van der Waals surface area contributed by atoms with Gasteiger partial charge in [0.05, 0.1) is 6.54 Å². The molecule has 1 aromatic heterocycles. The van der Waals surface area contributed by atoms with Crippen molar-refractivity contribution in [2.75, 3.05) is 20.1 Å². The summed E-state index contributed by atoms with van der Waals surface area (Å²) < 4.78 is 1.67. The molecule has 0 aliphatic rings. The van der Waals surface area contributed by atoms with Gasteiger partial charge in [-0.2, -0.15) is 0 Å². The number of aromatic nitrogens is 1. The van der Waals surface area contributed by atoms with Gasteiger partial charge in [-0.1, -0.05) is 13.8 Å². The van der Waals surface area contributed by atoms with Gasteiger partial charge in [0, 0.05) is 19.3 Å². The predicted molar refractivity (Wildman–Crippen MR) is 82.8 cm³/mol. The second-order valence-corrected chi connectivity index (χ2v) is 5.82. The molecule has 1 atom stereocenters. The third-order valence-corrected chi connectivity index (χ3v) is 3.54. The number of carbonyl (C=O) groups is 2. The number of amides is 2. The molecule has 1 unspecified atom stereocenters. The van der Waals surface area contributed by atoms with Crippen molar-refractivity contribution in [3.63, 3.8) is 0 Å². The predicted octanol–water partition coefficient (Wildman–Crippen LogP) is 0.587. The molecule has 0 radical (unpaired) electrons. The molecule has 0 aliphatic heterocycles. The van der Waals surface area contributed by atoms with Crippen molar-refractivity contribution in [3.05, 3.63) is 24.0 Å². The molecular formula is C15H26N4O2. The van der Waals surface area contributed by atoms with Crippen molar-refractivity contribution in [3.8, 4) is 0 Å². The molecule has 1 aromatic rings. The third-order valence-electron chi connectivity index (χ3n) is 3.54. The van der Waals surface area contributed by atoms with E-state index in [1.54, 1.807) is 29.9 Å². The van der Waals surface area contributed by atoms with Gasteiger partial charge in [-0.3, -0.25) is 19.8 Å². The van der Waals surface area contributed by atoms with Crippen molar-refractivity contribution < 1.29 is 9.59 Å². The van der Waals surface area contributed by atoms with Crippen LogP contribution in [0.2, 0.25) is 0 Å². The Morgan fingerprint density at radius 2 is 2.10 bits per heavy atom. The molecule has 3 N–H and O–H groups in total. The summed E-state index contributed by atoms with van der Waals surface area (Å²) >= 11 is 0. The minimum atomic E-state index is -0.375. The van der Waals surface area contributed by atoms with E-state index in [9.17, 15) is 9.59 Å². The molecule has 0 fully saturated rings. The van der Waals surface area contributed by atoms with Crippen LogP contribution in [-0.4, -0.2) is 47.5 Å². The van der Waals surface area contributed by atoms with Crippen LogP contribution in [0.1, 0.15) is 30.8 Å². The number of nitrogens with zero attached hydrogens (tertiary/aromatic N) is 2. The highest BCUT2D eigenvalue weighted by Gasteiger charge is 2.15. The highest BCUT2D eigenvalue weighted by atomic mass is 16.2. The van der Waals surface area contributed by atoms with Gasteiger partial charge in [-0.05, 0) is 38.1 Å². The Morgan fingerprint density at radius 1 is 1.43 bits per heavy atom. The van der Waals surface area contributed by atoms with Crippen molar-refractivity contribution >= 4 is 11.8 Å². The van der Waals surface area contributed by atoms with Crippen LogP contribution in [0.25, 0.3) is 0 Å². The molecule has 6 nitrogen and oxygen atoms in total. The first-order valence-electron chi connectivity index (χ1n) is 7.21. The molecule has 1 rings (SSSR count). The van der Waals surface area contributed by atoms with Gasteiger partial charge < -0.3 is 10.3 Å². The fourth-order valence-electron chi connectivity index (χ4n) is 1.95. The standard InChI is InChI=1S/C15H26N4O2/c1-11(2)12(16)7-9-18(3)10-14(20)17-15(21)13-6-5-8-19(13)4/h5-6,8,11-12H,7,9-10,16H2,1-4H3,(H,17,20,21). The lowest BCUT2D eigenvalue weighted by molar-refractivity contribution is -0.121. The number of carbonyl (C=O) groups excluding carboxylic acids is 2. The zero-order valence-electron chi connectivity index (χ0n) is 13.3. The first-order chi connectivity index (χ1) is 9.81. The molecule has 0 aliphatic carbocycles. The van der Waals surface area contributed by atoms with Crippen molar-refractivity contribution in [2.45, 2.75) is 26.3 Å². The number of likely N-dealkylation sites (N-methyl/N-ethyl adjacent to an activating group) is 1. The number of imide groups is 1. The van der Waals surface area contributed by atoms with Crippen molar-refractivity contribution in [2.24, 2.45) is 18.7 Å². The maximum absolute atomic E-state index is 11.9. The van der Waals surface area contributed by atoms with E-state index in [0.29, 0.717) is 11.6 Å². The van der Waals surface area contributed by atoms with E-state index in [-0.39, 0.29) is 24.4 Å². The smallest absolute Gasteiger partial charge is 0.274 e. The van der Waals surface area contributed by atoms with Gasteiger partial charge in [0.2, 0.25) is 5.91 Å². The Bertz CT molecular complexity index is 482. The van der Waals surface area contributed by atoms with Gasteiger partial charge in [0.15, 0.2) is 0 Å². The Balaban J connectivity index is 2.36.